The maximum absolute atomic E-state index is 8.90. The molecule has 1 aliphatic rings. The van der Waals surface area contributed by atoms with Crippen molar-refractivity contribution < 1.29 is 4.74 Å². The number of nitrogens with zero attached hydrogens (tertiary/aromatic N) is 1. The van der Waals surface area contributed by atoms with Crippen LogP contribution in [0.25, 0.3) is 0 Å². The van der Waals surface area contributed by atoms with Gasteiger partial charge in [-0.2, -0.15) is 5.26 Å². The third-order valence-corrected chi connectivity index (χ3v) is 3.62. The second-order valence-electron chi connectivity index (χ2n) is 5.01. The van der Waals surface area contributed by atoms with Gasteiger partial charge >= 0.3 is 0 Å². The summed E-state index contributed by atoms with van der Waals surface area (Å²) in [5, 5.41) is 12.3. The summed E-state index contributed by atoms with van der Waals surface area (Å²) in [6.07, 6.45) is 0.987. The molecular formula is C17H16N2O. The molecule has 1 aliphatic heterocycles. The predicted molar refractivity (Wildman–Crippen MR) is 77.8 cm³/mol. The van der Waals surface area contributed by atoms with Crippen LogP contribution in [0, 0.1) is 18.3 Å². The molecule has 3 nitrogen and oxygen atoms in total. The lowest BCUT2D eigenvalue weighted by atomic mass is 10.00. The van der Waals surface area contributed by atoms with Crippen molar-refractivity contribution in [1.82, 2.24) is 5.32 Å². The molecule has 100 valence electrons. The Morgan fingerprint density at radius 2 is 2.10 bits per heavy atom. The lowest BCUT2D eigenvalue weighted by Gasteiger charge is -2.20. The van der Waals surface area contributed by atoms with Gasteiger partial charge in [0.1, 0.15) is 11.5 Å². The molecule has 0 amide bonds. The molecule has 1 heterocycles. The smallest absolute Gasteiger partial charge is 0.131 e. The van der Waals surface area contributed by atoms with Gasteiger partial charge in [0, 0.05) is 12.1 Å². The van der Waals surface area contributed by atoms with Crippen molar-refractivity contribution >= 4 is 0 Å². The van der Waals surface area contributed by atoms with Crippen LogP contribution in [0.5, 0.6) is 11.5 Å². The largest absolute Gasteiger partial charge is 0.457 e. The Morgan fingerprint density at radius 1 is 1.20 bits per heavy atom. The number of aryl methyl sites for hydroxylation is 1. The SMILES string of the molecule is Cc1cc(C#N)ccc1Oc1cccc2c1CCNC2. The molecule has 0 fully saturated rings. The average Bonchev–Trinajstić information content (AvgIpc) is 2.49. The molecule has 0 spiro atoms. The van der Waals surface area contributed by atoms with Crippen molar-refractivity contribution in [2.45, 2.75) is 19.9 Å². The zero-order valence-corrected chi connectivity index (χ0v) is 11.4. The number of hydrogen-bond donors (Lipinski definition) is 1. The van der Waals surface area contributed by atoms with Crippen molar-refractivity contribution in [2.24, 2.45) is 0 Å². The molecule has 0 saturated carbocycles. The molecule has 0 radical (unpaired) electrons. The summed E-state index contributed by atoms with van der Waals surface area (Å²) in [6.45, 7) is 3.85. The van der Waals surface area contributed by atoms with Crippen molar-refractivity contribution in [3.8, 4) is 17.6 Å². The summed E-state index contributed by atoms with van der Waals surface area (Å²) in [5.74, 6) is 1.74. The predicted octanol–water partition coefficient (Wildman–Crippen LogP) is 3.30. The van der Waals surface area contributed by atoms with E-state index in [1.807, 2.05) is 31.2 Å². The number of hydrogen-bond acceptors (Lipinski definition) is 3. The van der Waals surface area contributed by atoms with Gasteiger partial charge in [-0.25, -0.2) is 0 Å². The van der Waals surface area contributed by atoms with Crippen molar-refractivity contribution in [1.29, 1.82) is 5.26 Å². The molecule has 3 heteroatoms. The van der Waals surface area contributed by atoms with Gasteiger partial charge in [-0.15, -0.1) is 0 Å². The van der Waals surface area contributed by atoms with Gasteiger partial charge in [-0.1, -0.05) is 12.1 Å². The zero-order valence-electron chi connectivity index (χ0n) is 11.4. The molecule has 1 N–H and O–H groups in total. The Labute approximate surface area is 118 Å². The molecular weight excluding hydrogens is 248 g/mol. The molecule has 0 bridgehead atoms. The zero-order chi connectivity index (χ0) is 13.9. The summed E-state index contributed by atoms with van der Waals surface area (Å²) in [5.41, 5.74) is 4.24. The number of nitrogens with one attached hydrogen (secondary N) is 1. The molecule has 3 rings (SSSR count). The fourth-order valence-electron chi connectivity index (χ4n) is 2.54. The van der Waals surface area contributed by atoms with E-state index in [9.17, 15) is 0 Å². The second kappa shape index (κ2) is 5.36. The van der Waals surface area contributed by atoms with Crippen LogP contribution < -0.4 is 10.1 Å². The molecule has 0 aliphatic carbocycles. The van der Waals surface area contributed by atoms with Crippen molar-refractivity contribution in [3.63, 3.8) is 0 Å². The van der Waals surface area contributed by atoms with Crippen LogP contribution in [0.1, 0.15) is 22.3 Å². The van der Waals surface area contributed by atoms with Gasteiger partial charge < -0.3 is 10.1 Å². The highest BCUT2D eigenvalue weighted by Crippen LogP contribution is 2.31. The highest BCUT2D eigenvalue weighted by Gasteiger charge is 2.14. The van der Waals surface area contributed by atoms with Crippen LogP contribution in [0.3, 0.4) is 0 Å². The average molecular weight is 264 g/mol. The Morgan fingerprint density at radius 3 is 2.90 bits per heavy atom. The molecule has 0 saturated heterocycles. The highest BCUT2D eigenvalue weighted by molar-refractivity contribution is 5.47. The minimum absolute atomic E-state index is 0.661. The number of nitriles is 1. The number of rotatable bonds is 2. The third-order valence-electron chi connectivity index (χ3n) is 3.62. The lowest BCUT2D eigenvalue weighted by Crippen LogP contribution is -2.23. The summed E-state index contributed by atoms with van der Waals surface area (Å²) in [4.78, 5) is 0. The van der Waals surface area contributed by atoms with Crippen LogP contribution in [-0.4, -0.2) is 6.54 Å². The Kier molecular flexibility index (Phi) is 3.41. The van der Waals surface area contributed by atoms with E-state index in [1.54, 1.807) is 6.07 Å². The third kappa shape index (κ3) is 2.38. The van der Waals surface area contributed by atoms with Crippen LogP contribution >= 0.6 is 0 Å². The van der Waals surface area contributed by atoms with Gasteiger partial charge in [-0.05, 0) is 55.3 Å². The second-order valence-corrected chi connectivity index (χ2v) is 5.01. The summed E-state index contributed by atoms with van der Waals surface area (Å²) < 4.78 is 6.07. The standard InChI is InChI=1S/C17H16N2O/c1-12-9-13(10-18)5-6-16(12)20-17-4-2-3-14-11-19-8-7-15(14)17/h2-6,9,19H,7-8,11H2,1H3. The summed E-state index contributed by atoms with van der Waals surface area (Å²) in [6, 6.07) is 13.8. The Balaban J connectivity index is 1.94. The van der Waals surface area contributed by atoms with Crippen LogP contribution in [-0.2, 0) is 13.0 Å². The van der Waals surface area contributed by atoms with Crippen molar-refractivity contribution in [3.05, 3.63) is 58.7 Å². The number of ether oxygens (including phenoxy) is 1. The molecule has 20 heavy (non-hydrogen) atoms. The Bertz CT molecular complexity index is 686. The quantitative estimate of drug-likeness (QED) is 0.905. The summed E-state index contributed by atoms with van der Waals surface area (Å²) in [7, 11) is 0. The fraction of sp³-hybridized carbons (Fsp3) is 0.235. The minimum Gasteiger partial charge on any atom is -0.457 e. The monoisotopic (exact) mass is 264 g/mol. The highest BCUT2D eigenvalue weighted by atomic mass is 16.5. The number of fused-ring (bicyclic) bond motifs is 1. The normalized spacial score (nSPS) is 13.4. The van der Waals surface area contributed by atoms with E-state index < -0.39 is 0 Å². The lowest BCUT2D eigenvalue weighted by molar-refractivity contribution is 0.466. The first-order valence-electron chi connectivity index (χ1n) is 6.78. The Hall–Kier alpha value is -2.31. The van der Waals surface area contributed by atoms with Crippen LogP contribution in [0.4, 0.5) is 0 Å². The molecule has 2 aromatic rings. The maximum Gasteiger partial charge on any atom is 0.131 e. The van der Waals surface area contributed by atoms with Gasteiger partial charge in [0.2, 0.25) is 0 Å². The van der Waals surface area contributed by atoms with E-state index >= 15 is 0 Å². The van der Waals surface area contributed by atoms with Crippen LogP contribution in [0.2, 0.25) is 0 Å². The first-order valence-corrected chi connectivity index (χ1v) is 6.78. The van der Waals surface area contributed by atoms with E-state index in [-0.39, 0.29) is 0 Å². The maximum atomic E-state index is 8.90. The molecule has 0 unspecified atom stereocenters. The van der Waals surface area contributed by atoms with E-state index in [1.165, 1.54) is 11.1 Å². The first-order chi connectivity index (χ1) is 9.78. The van der Waals surface area contributed by atoms with E-state index in [4.69, 9.17) is 10.00 Å². The van der Waals surface area contributed by atoms with E-state index in [0.29, 0.717) is 5.56 Å². The van der Waals surface area contributed by atoms with Gasteiger partial charge in [0.15, 0.2) is 0 Å². The van der Waals surface area contributed by atoms with Crippen LogP contribution in [0.15, 0.2) is 36.4 Å². The summed E-state index contributed by atoms with van der Waals surface area (Å²) >= 11 is 0. The molecule has 2 aromatic carbocycles. The van der Waals surface area contributed by atoms with Gasteiger partial charge in [0.25, 0.3) is 0 Å². The topological polar surface area (TPSA) is 45.0 Å². The minimum atomic E-state index is 0.661. The van der Waals surface area contributed by atoms with Gasteiger partial charge in [-0.3, -0.25) is 0 Å². The first kappa shape index (κ1) is 12.7. The fourth-order valence-corrected chi connectivity index (χ4v) is 2.54. The molecule has 0 aromatic heterocycles. The molecule has 0 atom stereocenters. The van der Waals surface area contributed by atoms with Gasteiger partial charge in [0.05, 0.1) is 11.6 Å². The number of benzene rings is 2. The van der Waals surface area contributed by atoms with Crippen molar-refractivity contribution in [2.75, 3.05) is 6.54 Å². The van der Waals surface area contributed by atoms with E-state index in [2.05, 4.69) is 17.5 Å². The van der Waals surface area contributed by atoms with E-state index in [0.717, 1.165) is 36.6 Å².